The van der Waals surface area contributed by atoms with Crippen LogP contribution in [0.3, 0.4) is 0 Å². The van der Waals surface area contributed by atoms with Gasteiger partial charge in [-0.2, -0.15) is 5.10 Å². The van der Waals surface area contributed by atoms with Gasteiger partial charge in [-0.15, -0.1) is 0 Å². The van der Waals surface area contributed by atoms with Gasteiger partial charge in [-0.3, -0.25) is 4.68 Å². The Kier molecular flexibility index (Phi) is 4.70. The van der Waals surface area contributed by atoms with Crippen LogP contribution >= 0.6 is 11.6 Å². The maximum absolute atomic E-state index is 5.96. The number of nitrogens with zero attached hydrogens (tertiary/aromatic N) is 4. The Morgan fingerprint density at radius 2 is 2.26 bits per heavy atom. The van der Waals surface area contributed by atoms with E-state index in [0.29, 0.717) is 36.6 Å². The fourth-order valence-electron chi connectivity index (χ4n) is 1.57. The molecule has 0 aliphatic rings. The van der Waals surface area contributed by atoms with Gasteiger partial charge in [-0.25, -0.2) is 9.97 Å². The summed E-state index contributed by atoms with van der Waals surface area (Å²) in [6.07, 6.45) is 1.75. The molecule has 102 valence electrons. The average molecular weight is 282 g/mol. The maximum atomic E-state index is 5.96. The third-order valence-electron chi connectivity index (χ3n) is 2.55. The summed E-state index contributed by atoms with van der Waals surface area (Å²) >= 11 is 5.96. The predicted octanol–water partition coefficient (Wildman–Crippen LogP) is 2.01. The van der Waals surface area contributed by atoms with E-state index in [1.54, 1.807) is 16.9 Å². The molecule has 0 aromatic carbocycles. The number of hydrogen-bond donors (Lipinski definition) is 1. The highest BCUT2D eigenvalue weighted by molar-refractivity contribution is 6.29. The molecule has 2 aromatic heterocycles. The lowest BCUT2D eigenvalue weighted by atomic mass is 10.4. The number of aromatic nitrogens is 4. The normalized spacial score (nSPS) is 10.7. The van der Waals surface area contributed by atoms with Crippen molar-refractivity contribution >= 4 is 17.4 Å². The average Bonchev–Trinajstić information content (AvgIpc) is 2.79. The van der Waals surface area contributed by atoms with Crippen LogP contribution < -0.4 is 5.32 Å². The predicted molar refractivity (Wildman–Crippen MR) is 72.9 cm³/mol. The van der Waals surface area contributed by atoms with Crippen molar-refractivity contribution in [2.75, 3.05) is 11.9 Å². The summed E-state index contributed by atoms with van der Waals surface area (Å²) in [6, 6.07) is 3.63. The lowest BCUT2D eigenvalue weighted by Crippen LogP contribution is -2.08. The van der Waals surface area contributed by atoms with Crippen LogP contribution in [0.25, 0.3) is 0 Å². The van der Waals surface area contributed by atoms with Gasteiger partial charge in [0.1, 0.15) is 17.6 Å². The zero-order chi connectivity index (χ0) is 13.7. The number of rotatable bonds is 6. The molecule has 19 heavy (non-hydrogen) atoms. The Hall–Kier alpha value is -1.66. The second-order valence-corrected chi connectivity index (χ2v) is 4.32. The van der Waals surface area contributed by atoms with Crippen molar-refractivity contribution in [3.8, 4) is 0 Å². The number of nitrogens with one attached hydrogen (secondary N) is 1. The third kappa shape index (κ3) is 3.90. The van der Waals surface area contributed by atoms with Crippen molar-refractivity contribution in [2.45, 2.75) is 20.1 Å². The molecule has 0 saturated carbocycles. The first-order valence-corrected chi connectivity index (χ1v) is 6.38. The van der Waals surface area contributed by atoms with Gasteiger partial charge in [0.05, 0.1) is 12.2 Å². The lowest BCUT2D eigenvalue weighted by Gasteiger charge is -2.08. The Morgan fingerprint density at radius 1 is 1.42 bits per heavy atom. The van der Waals surface area contributed by atoms with Crippen LogP contribution in [0.2, 0.25) is 5.15 Å². The van der Waals surface area contributed by atoms with Crippen molar-refractivity contribution in [3.63, 3.8) is 0 Å². The highest BCUT2D eigenvalue weighted by Gasteiger charge is 2.04. The van der Waals surface area contributed by atoms with E-state index in [-0.39, 0.29) is 0 Å². The van der Waals surface area contributed by atoms with Gasteiger partial charge in [0.25, 0.3) is 0 Å². The first kappa shape index (κ1) is 13.8. The van der Waals surface area contributed by atoms with Crippen LogP contribution in [0.5, 0.6) is 0 Å². The maximum Gasteiger partial charge on any atom is 0.158 e. The summed E-state index contributed by atoms with van der Waals surface area (Å²) < 4.78 is 7.08. The van der Waals surface area contributed by atoms with Crippen LogP contribution in [0.4, 0.5) is 5.82 Å². The van der Waals surface area contributed by atoms with E-state index in [1.807, 2.05) is 20.0 Å². The summed E-state index contributed by atoms with van der Waals surface area (Å²) in [4.78, 5) is 8.44. The van der Waals surface area contributed by atoms with Crippen molar-refractivity contribution in [2.24, 2.45) is 7.05 Å². The van der Waals surface area contributed by atoms with Crippen molar-refractivity contribution in [1.29, 1.82) is 0 Å². The molecule has 0 bridgehead atoms. The molecule has 0 spiro atoms. The van der Waals surface area contributed by atoms with Gasteiger partial charge < -0.3 is 10.1 Å². The first-order valence-electron chi connectivity index (χ1n) is 6.01. The SMILES string of the molecule is CCOCc1nc(Cl)cc(NCc2ccnn2C)n1. The van der Waals surface area contributed by atoms with E-state index in [1.165, 1.54) is 0 Å². The summed E-state index contributed by atoms with van der Waals surface area (Å²) in [7, 11) is 1.89. The Labute approximate surface area is 116 Å². The molecule has 6 nitrogen and oxygen atoms in total. The molecule has 0 radical (unpaired) electrons. The third-order valence-corrected chi connectivity index (χ3v) is 2.74. The van der Waals surface area contributed by atoms with Gasteiger partial charge in [0.2, 0.25) is 0 Å². The monoisotopic (exact) mass is 281 g/mol. The number of anilines is 1. The molecule has 0 amide bonds. The number of halogens is 1. The van der Waals surface area contributed by atoms with E-state index in [0.717, 1.165) is 5.69 Å². The van der Waals surface area contributed by atoms with Crippen molar-refractivity contribution < 1.29 is 4.74 Å². The van der Waals surface area contributed by atoms with E-state index in [2.05, 4.69) is 20.4 Å². The van der Waals surface area contributed by atoms with Crippen molar-refractivity contribution in [1.82, 2.24) is 19.7 Å². The largest absolute Gasteiger partial charge is 0.374 e. The minimum atomic E-state index is 0.359. The second-order valence-electron chi connectivity index (χ2n) is 3.93. The van der Waals surface area contributed by atoms with Crippen LogP contribution in [-0.2, 0) is 24.9 Å². The van der Waals surface area contributed by atoms with E-state index < -0.39 is 0 Å². The Morgan fingerprint density at radius 3 is 2.95 bits per heavy atom. The van der Waals surface area contributed by atoms with E-state index >= 15 is 0 Å². The Balaban J connectivity index is 2.03. The molecule has 0 aliphatic carbocycles. The van der Waals surface area contributed by atoms with Crippen LogP contribution in [0.1, 0.15) is 18.4 Å². The fraction of sp³-hybridized carbons (Fsp3) is 0.417. The van der Waals surface area contributed by atoms with Gasteiger partial charge >= 0.3 is 0 Å². The standard InChI is InChI=1S/C12H16ClN5O/c1-3-19-8-12-16-10(13)6-11(17-12)14-7-9-4-5-15-18(9)2/h4-6H,3,7-8H2,1-2H3,(H,14,16,17). The zero-order valence-corrected chi connectivity index (χ0v) is 11.7. The van der Waals surface area contributed by atoms with E-state index in [4.69, 9.17) is 16.3 Å². The van der Waals surface area contributed by atoms with Crippen molar-refractivity contribution in [3.05, 3.63) is 35.0 Å². The number of ether oxygens (including phenoxy) is 1. The summed E-state index contributed by atoms with van der Waals surface area (Å²) in [5, 5.41) is 7.70. The fourth-order valence-corrected chi connectivity index (χ4v) is 1.77. The van der Waals surface area contributed by atoms with Gasteiger partial charge in [0.15, 0.2) is 5.82 Å². The summed E-state index contributed by atoms with van der Waals surface area (Å²) in [6.45, 7) is 3.52. The molecule has 7 heteroatoms. The summed E-state index contributed by atoms with van der Waals surface area (Å²) in [5.41, 5.74) is 1.06. The molecule has 0 fully saturated rings. The zero-order valence-electron chi connectivity index (χ0n) is 10.9. The lowest BCUT2D eigenvalue weighted by molar-refractivity contribution is 0.128. The molecule has 2 heterocycles. The first-order chi connectivity index (χ1) is 9.19. The molecule has 0 aliphatic heterocycles. The second kappa shape index (κ2) is 6.49. The van der Waals surface area contributed by atoms with Crippen LogP contribution in [0, 0.1) is 0 Å². The molecular weight excluding hydrogens is 266 g/mol. The van der Waals surface area contributed by atoms with Crippen LogP contribution in [0.15, 0.2) is 18.3 Å². The molecule has 0 atom stereocenters. The summed E-state index contributed by atoms with van der Waals surface area (Å²) in [5.74, 6) is 1.25. The smallest absolute Gasteiger partial charge is 0.158 e. The van der Waals surface area contributed by atoms with Gasteiger partial charge in [-0.1, -0.05) is 11.6 Å². The molecule has 1 N–H and O–H groups in total. The van der Waals surface area contributed by atoms with Crippen LogP contribution in [-0.4, -0.2) is 26.4 Å². The number of hydrogen-bond acceptors (Lipinski definition) is 5. The van der Waals surface area contributed by atoms with E-state index in [9.17, 15) is 0 Å². The molecule has 2 rings (SSSR count). The molecule has 0 saturated heterocycles. The minimum absolute atomic E-state index is 0.359. The quantitative estimate of drug-likeness (QED) is 0.821. The Bertz CT molecular complexity index is 543. The molecule has 2 aromatic rings. The van der Waals surface area contributed by atoms with Gasteiger partial charge in [0, 0.05) is 25.9 Å². The minimum Gasteiger partial charge on any atom is -0.374 e. The highest BCUT2D eigenvalue weighted by atomic mass is 35.5. The number of aryl methyl sites for hydroxylation is 1. The molecular formula is C12H16ClN5O. The van der Waals surface area contributed by atoms with Gasteiger partial charge in [-0.05, 0) is 13.0 Å². The highest BCUT2D eigenvalue weighted by Crippen LogP contribution is 2.13. The topological polar surface area (TPSA) is 64.9 Å². The molecule has 0 unspecified atom stereocenters.